The Kier molecular flexibility index (Phi) is 5.41. The highest BCUT2D eigenvalue weighted by atomic mass is 16.4. The first-order valence-electron chi connectivity index (χ1n) is 5.74. The Balaban J connectivity index is 2.43. The molecule has 1 aromatic heterocycles. The van der Waals surface area contributed by atoms with Gasteiger partial charge in [-0.25, -0.2) is 0 Å². The maximum atomic E-state index is 11.6. The summed E-state index contributed by atoms with van der Waals surface area (Å²) in [5.74, 6) is 0.376. The molecule has 0 aliphatic heterocycles. The van der Waals surface area contributed by atoms with Crippen LogP contribution in [-0.2, 0) is 11.2 Å². The van der Waals surface area contributed by atoms with Gasteiger partial charge in [0.1, 0.15) is 6.04 Å². The summed E-state index contributed by atoms with van der Waals surface area (Å²) < 4.78 is 5.26. The van der Waals surface area contributed by atoms with Crippen molar-refractivity contribution in [1.82, 2.24) is 15.5 Å². The summed E-state index contributed by atoms with van der Waals surface area (Å²) in [6.07, 6.45) is 1.44. The van der Waals surface area contributed by atoms with E-state index in [1.165, 1.54) is 0 Å². The number of nitrogens with two attached hydrogens (primary N) is 1. The number of carbonyl (C=O) groups excluding carboxylic acids is 1. The molecule has 0 spiro atoms. The molecule has 0 fully saturated rings. The average Bonchev–Trinajstić information content (AvgIpc) is 2.74. The lowest BCUT2D eigenvalue weighted by Gasteiger charge is -2.11. The summed E-state index contributed by atoms with van der Waals surface area (Å²) in [5.41, 5.74) is 5.36. The fourth-order valence-corrected chi connectivity index (χ4v) is 1.19. The van der Waals surface area contributed by atoms with Crippen LogP contribution < -0.4 is 16.4 Å². The number of amides is 1. The molecule has 1 rings (SSSR count). The van der Waals surface area contributed by atoms with E-state index in [2.05, 4.69) is 20.8 Å². The zero-order valence-corrected chi connectivity index (χ0v) is 10.2. The van der Waals surface area contributed by atoms with Gasteiger partial charge in [0.05, 0.1) is 0 Å². The van der Waals surface area contributed by atoms with Gasteiger partial charge in [-0.2, -0.15) is 0 Å². The van der Waals surface area contributed by atoms with E-state index in [-0.39, 0.29) is 11.9 Å². The van der Waals surface area contributed by atoms with Crippen molar-refractivity contribution in [3.8, 4) is 0 Å². The predicted molar refractivity (Wildman–Crippen MR) is 63.4 cm³/mol. The van der Waals surface area contributed by atoms with Crippen molar-refractivity contribution < 1.29 is 9.21 Å². The van der Waals surface area contributed by atoms with E-state index >= 15 is 0 Å². The maximum Gasteiger partial charge on any atom is 0.316 e. The third-order valence-electron chi connectivity index (χ3n) is 2.11. The summed E-state index contributed by atoms with van der Waals surface area (Å²) in [6.45, 7) is 4.84. The molecule has 96 valence electrons. The molecule has 1 aromatic rings. The lowest BCUT2D eigenvalue weighted by Crippen LogP contribution is -2.37. The molecule has 0 radical (unpaired) electrons. The molecule has 0 saturated heterocycles. The Bertz CT molecular complexity index is 352. The molecule has 0 saturated carbocycles. The van der Waals surface area contributed by atoms with E-state index in [0.717, 1.165) is 6.42 Å². The number of nitrogens with zero attached hydrogens (tertiary/aromatic N) is 2. The zero-order valence-electron chi connectivity index (χ0n) is 10.2. The monoisotopic (exact) mass is 241 g/mol. The molecule has 17 heavy (non-hydrogen) atoms. The molecular weight excluding hydrogens is 222 g/mol. The van der Waals surface area contributed by atoms with Gasteiger partial charge < -0.3 is 20.8 Å². The molecule has 1 unspecified atom stereocenters. The Hall–Kier alpha value is -1.63. The van der Waals surface area contributed by atoms with Crippen LogP contribution in [0, 0.1) is 0 Å². The highest BCUT2D eigenvalue weighted by molar-refractivity contribution is 5.83. The number of carbonyl (C=O) groups is 1. The normalized spacial score (nSPS) is 12.2. The highest BCUT2D eigenvalue weighted by Crippen LogP contribution is 2.07. The zero-order chi connectivity index (χ0) is 12.7. The highest BCUT2D eigenvalue weighted by Gasteiger charge is 2.14. The third kappa shape index (κ3) is 4.39. The van der Waals surface area contributed by atoms with Crippen LogP contribution in [0.15, 0.2) is 4.42 Å². The van der Waals surface area contributed by atoms with Crippen LogP contribution in [0.25, 0.3) is 0 Å². The minimum absolute atomic E-state index is 0.0922. The van der Waals surface area contributed by atoms with Gasteiger partial charge in [-0.05, 0) is 13.3 Å². The van der Waals surface area contributed by atoms with E-state index < -0.39 is 6.04 Å². The van der Waals surface area contributed by atoms with Crippen LogP contribution in [0.5, 0.6) is 0 Å². The van der Waals surface area contributed by atoms with Crippen LogP contribution in [0.1, 0.15) is 26.2 Å². The second kappa shape index (κ2) is 6.85. The number of hydrogen-bond acceptors (Lipinski definition) is 6. The van der Waals surface area contributed by atoms with Gasteiger partial charge in [-0.3, -0.25) is 4.79 Å². The van der Waals surface area contributed by atoms with Crippen LogP contribution in [0.3, 0.4) is 0 Å². The van der Waals surface area contributed by atoms with Crippen molar-refractivity contribution in [1.29, 1.82) is 0 Å². The quantitative estimate of drug-likeness (QED) is 0.615. The minimum atomic E-state index is -0.410. The number of anilines is 1. The summed E-state index contributed by atoms with van der Waals surface area (Å²) in [6, 6.07) is -0.166. The van der Waals surface area contributed by atoms with Gasteiger partial charge in [0, 0.05) is 19.5 Å². The molecule has 7 heteroatoms. The van der Waals surface area contributed by atoms with Crippen molar-refractivity contribution in [3.63, 3.8) is 0 Å². The van der Waals surface area contributed by atoms with Crippen LogP contribution in [-0.4, -0.2) is 35.2 Å². The Morgan fingerprint density at radius 3 is 2.94 bits per heavy atom. The lowest BCUT2D eigenvalue weighted by molar-refractivity contribution is -0.121. The SMILES string of the molecule is CCCNC(=O)C(C)Nc1nnc(CCN)o1. The van der Waals surface area contributed by atoms with Gasteiger partial charge in [0.2, 0.25) is 11.8 Å². The van der Waals surface area contributed by atoms with Crippen molar-refractivity contribution >= 4 is 11.9 Å². The lowest BCUT2D eigenvalue weighted by atomic mass is 10.3. The second-order valence-corrected chi connectivity index (χ2v) is 3.70. The first kappa shape index (κ1) is 13.4. The van der Waals surface area contributed by atoms with Crippen molar-refractivity contribution in [2.24, 2.45) is 5.73 Å². The number of rotatable bonds is 7. The maximum absolute atomic E-state index is 11.6. The van der Waals surface area contributed by atoms with E-state index in [4.69, 9.17) is 10.2 Å². The second-order valence-electron chi connectivity index (χ2n) is 3.70. The minimum Gasteiger partial charge on any atom is -0.408 e. The fraction of sp³-hybridized carbons (Fsp3) is 0.700. The molecule has 7 nitrogen and oxygen atoms in total. The largest absolute Gasteiger partial charge is 0.408 e. The predicted octanol–water partition coefficient (Wildman–Crippen LogP) is -0.103. The molecule has 0 aliphatic rings. The van der Waals surface area contributed by atoms with E-state index in [1.54, 1.807) is 6.92 Å². The molecule has 0 aromatic carbocycles. The summed E-state index contributed by atoms with van der Waals surface area (Å²) in [5, 5.41) is 13.2. The molecule has 0 aliphatic carbocycles. The molecular formula is C10H19N5O2. The number of hydrogen-bond donors (Lipinski definition) is 3. The smallest absolute Gasteiger partial charge is 0.316 e. The molecule has 4 N–H and O–H groups in total. The van der Waals surface area contributed by atoms with Crippen LogP contribution in [0.4, 0.5) is 6.01 Å². The van der Waals surface area contributed by atoms with Gasteiger partial charge in [-0.1, -0.05) is 12.0 Å². The standard InChI is InChI=1S/C10H19N5O2/c1-3-6-12-9(16)7(2)13-10-15-14-8(17-10)4-5-11/h7H,3-6,11H2,1-2H3,(H,12,16)(H,13,15). The molecule has 0 bridgehead atoms. The van der Waals surface area contributed by atoms with Gasteiger partial charge in [0.15, 0.2) is 0 Å². The molecule has 1 heterocycles. The third-order valence-corrected chi connectivity index (χ3v) is 2.11. The molecule has 1 amide bonds. The van der Waals surface area contributed by atoms with E-state index in [1.807, 2.05) is 6.92 Å². The first-order valence-corrected chi connectivity index (χ1v) is 5.74. The fourth-order valence-electron chi connectivity index (χ4n) is 1.19. The summed E-state index contributed by atoms with van der Waals surface area (Å²) >= 11 is 0. The van der Waals surface area contributed by atoms with Crippen molar-refractivity contribution in [3.05, 3.63) is 5.89 Å². The molecule has 1 atom stereocenters. The number of nitrogens with one attached hydrogen (secondary N) is 2. The number of aromatic nitrogens is 2. The van der Waals surface area contributed by atoms with Crippen molar-refractivity contribution in [2.45, 2.75) is 32.7 Å². The summed E-state index contributed by atoms with van der Waals surface area (Å²) in [7, 11) is 0. The first-order chi connectivity index (χ1) is 8.17. The van der Waals surface area contributed by atoms with E-state index in [9.17, 15) is 4.79 Å². The Morgan fingerprint density at radius 1 is 1.53 bits per heavy atom. The summed E-state index contributed by atoms with van der Waals surface area (Å²) in [4.78, 5) is 11.6. The van der Waals surface area contributed by atoms with Gasteiger partial charge in [-0.15, -0.1) is 5.10 Å². The van der Waals surface area contributed by atoms with E-state index in [0.29, 0.717) is 25.4 Å². The average molecular weight is 241 g/mol. The van der Waals surface area contributed by atoms with Crippen molar-refractivity contribution in [2.75, 3.05) is 18.4 Å². The van der Waals surface area contributed by atoms with Gasteiger partial charge in [0.25, 0.3) is 0 Å². The topological polar surface area (TPSA) is 106 Å². The van der Waals surface area contributed by atoms with Gasteiger partial charge >= 0.3 is 6.01 Å². The Labute approximate surface area is 100 Å². The Morgan fingerprint density at radius 2 is 2.29 bits per heavy atom. The van der Waals surface area contributed by atoms with Crippen LogP contribution >= 0.6 is 0 Å². The van der Waals surface area contributed by atoms with Crippen LogP contribution in [0.2, 0.25) is 0 Å².